The summed E-state index contributed by atoms with van der Waals surface area (Å²) in [7, 11) is 9.55. The van der Waals surface area contributed by atoms with Gasteiger partial charge in [-0.15, -0.1) is 0 Å². The molecule has 0 spiro atoms. The first-order chi connectivity index (χ1) is 14.7. The third kappa shape index (κ3) is 14.3. The Bertz CT molecular complexity index is 727. The van der Waals surface area contributed by atoms with Crippen molar-refractivity contribution >= 4 is 23.8 Å². The van der Waals surface area contributed by atoms with Crippen LogP contribution in [0.1, 0.15) is 33.6 Å². The third-order valence-corrected chi connectivity index (χ3v) is 5.72. The van der Waals surface area contributed by atoms with E-state index in [1.807, 2.05) is 35.2 Å². The smallest absolute Gasteiger partial charge is 0.550 e. The molecule has 0 aromatic rings. The SMILES string of the molecule is CCC(C(N)=O)C(C(=O)[O-])C(CC(C)(C)C(=O)NC[N+](C)(C)CC(O)C[N+](C)(C)C)C(=O)[O-].[Na+].[Na+]. The largest absolute Gasteiger partial charge is 1.00 e. The molecule has 0 fully saturated rings. The molecule has 0 bridgehead atoms. The van der Waals surface area contributed by atoms with Gasteiger partial charge in [-0.25, -0.2) is 0 Å². The van der Waals surface area contributed by atoms with Gasteiger partial charge in [0, 0.05) is 35.1 Å². The number of primary amides is 1. The maximum atomic E-state index is 12.9. The second-order valence-electron chi connectivity index (χ2n) is 11.2. The van der Waals surface area contributed by atoms with Crippen LogP contribution in [0.4, 0.5) is 0 Å². The van der Waals surface area contributed by atoms with Crippen molar-refractivity contribution in [2.75, 3.05) is 55.0 Å². The molecule has 0 aromatic carbocycles. The van der Waals surface area contributed by atoms with Gasteiger partial charge < -0.3 is 44.9 Å². The number of hydrogen-bond donors (Lipinski definition) is 3. The number of quaternary nitrogens is 2. The van der Waals surface area contributed by atoms with Crippen molar-refractivity contribution in [3.05, 3.63) is 0 Å². The summed E-state index contributed by atoms with van der Waals surface area (Å²) < 4.78 is 0.850. The van der Waals surface area contributed by atoms with Crippen molar-refractivity contribution < 1.29 is 103 Å². The molecule has 0 saturated heterocycles. The Morgan fingerprint density at radius 2 is 1.43 bits per heavy atom. The van der Waals surface area contributed by atoms with Gasteiger partial charge in [0.2, 0.25) is 11.8 Å². The first kappa shape index (κ1) is 39.3. The van der Waals surface area contributed by atoms with Gasteiger partial charge in [0.15, 0.2) is 12.8 Å². The molecule has 0 radical (unpaired) electrons. The molecule has 11 nitrogen and oxygen atoms in total. The van der Waals surface area contributed by atoms with Crippen molar-refractivity contribution in [3.63, 3.8) is 0 Å². The van der Waals surface area contributed by atoms with Crippen molar-refractivity contribution in [2.45, 2.75) is 39.7 Å². The third-order valence-electron chi connectivity index (χ3n) is 5.72. The molecular formula is C22H42N4Na2O7+2. The van der Waals surface area contributed by atoms with Gasteiger partial charge in [0.1, 0.15) is 13.1 Å². The molecule has 13 heteroatoms. The summed E-state index contributed by atoms with van der Waals surface area (Å²) in [5.41, 5.74) is 3.98. The summed E-state index contributed by atoms with van der Waals surface area (Å²) in [6, 6.07) is 0. The van der Waals surface area contributed by atoms with Gasteiger partial charge in [0.05, 0.1) is 35.2 Å². The average Bonchev–Trinajstić information content (AvgIpc) is 2.59. The molecule has 0 heterocycles. The maximum absolute atomic E-state index is 12.9. The fourth-order valence-electron chi connectivity index (χ4n) is 4.09. The van der Waals surface area contributed by atoms with Gasteiger partial charge in [-0.1, -0.05) is 20.8 Å². The average molecular weight is 521 g/mol. The number of nitrogens with two attached hydrogens (primary N) is 1. The molecule has 0 saturated carbocycles. The number of likely N-dealkylation sites (N-methyl/N-ethyl adjacent to an activating group) is 2. The second-order valence-corrected chi connectivity index (χ2v) is 11.2. The number of aliphatic hydroxyl groups is 1. The van der Waals surface area contributed by atoms with Crippen LogP contribution in [0, 0.1) is 23.2 Å². The predicted octanol–water partition coefficient (Wildman–Crippen LogP) is -9.13. The summed E-state index contributed by atoms with van der Waals surface area (Å²) in [5.74, 6) is -9.50. The van der Waals surface area contributed by atoms with E-state index in [2.05, 4.69) is 5.32 Å². The summed E-state index contributed by atoms with van der Waals surface area (Å²) in [4.78, 5) is 48.1. The van der Waals surface area contributed by atoms with E-state index in [9.17, 15) is 34.5 Å². The summed E-state index contributed by atoms with van der Waals surface area (Å²) >= 11 is 0. The first-order valence-corrected chi connectivity index (χ1v) is 11.0. The van der Waals surface area contributed by atoms with Crippen LogP contribution in [0.2, 0.25) is 0 Å². The van der Waals surface area contributed by atoms with Crippen molar-refractivity contribution in [1.29, 1.82) is 0 Å². The molecule has 0 aromatic heterocycles. The Morgan fingerprint density at radius 3 is 1.77 bits per heavy atom. The molecule has 4 N–H and O–H groups in total. The zero-order chi connectivity index (χ0) is 26.4. The van der Waals surface area contributed by atoms with Gasteiger partial charge in [0.25, 0.3) is 0 Å². The Balaban J connectivity index is -0.00000512. The van der Waals surface area contributed by atoms with Crippen LogP contribution < -0.4 is 80.4 Å². The molecular weight excluding hydrogens is 478 g/mol. The minimum Gasteiger partial charge on any atom is -0.550 e. The standard InChI is InChI=1S/C22H42N4O7.2Na/c1-9-15(18(23)28)17(20(31)32)16(19(29)30)10-22(2,3)21(33)24-13-26(7,8)12-14(27)11-25(4,5)6;;/h14-17,27H,9-13H2,1-8H3,(H3-2,23,24,28,29,30,31,32,33);;/q;2*+1. The molecule has 0 aliphatic heterocycles. The monoisotopic (exact) mass is 520 g/mol. The number of carboxylic acids is 2. The minimum absolute atomic E-state index is 0. The van der Waals surface area contributed by atoms with Crippen molar-refractivity contribution in [2.24, 2.45) is 28.9 Å². The van der Waals surface area contributed by atoms with E-state index in [4.69, 9.17) is 5.73 Å². The van der Waals surface area contributed by atoms with Gasteiger partial charge in [-0.2, -0.15) is 0 Å². The first-order valence-electron chi connectivity index (χ1n) is 11.0. The number of hydrogen-bond acceptors (Lipinski definition) is 7. The van der Waals surface area contributed by atoms with E-state index in [-0.39, 0.29) is 83.1 Å². The Hall–Kier alpha value is -0.240. The second kappa shape index (κ2) is 15.9. The number of rotatable bonds is 15. The van der Waals surface area contributed by atoms with E-state index in [0.717, 1.165) is 0 Å². The maximum Gasteiger partial charge on any atom is 1.00 e. The van der Waals surface area contributed by atoms with Crippen molar-refractivity contribution in [1.82, 2.24) is 5.32 Å². The van der Waals surface area contributed by atoms with Gasteiger partial charge >= 0.3 is 59.1 Å². The number of carbonyl (C=O) groups excluding carboxylic acids is 4. The molecule has 4 atom stereocenters. The molecule has 0 rings (SSSR count). The van der Waals surface area contributed by atoms with Crippen LogP contribution >= 0.6 is 0 Å². The van der Waals surface area contributed by atoms with Gasteiger partial charge in [-0.05, 0) is 12.8 Å². The number of aliphatic hydroxyl groups excluding tert-OH is 1. The van der Waals surface area contributed by atoms with E-state index in [1.165, 1.54) is 20.8 Å². The number of carboxylic acid groups (broad SMARTS) is 2. The summed E-state index contributed by atoms with van der Waals surface area (Å²) in [6.07, 6.45) is -0.983. The van der Waals surface area contributed by atoms with Crippen molar-refractivity contribution in [3.8, 4) is 0 Å². The number of aliphatic carboxylic acids is 2. The van der Waals surface area contributed by atoms with Crippen LogP contribution in [-0.2, 0) is 19.2 Å². The fourth-order valence-corrected chi connectivity index (χ4v) is 4.09. The summed E-state index contributed by atoms with van der Waals surface area (Å²) in [5, 5.41) is 36.7. The van der Waals surface area contributed by atoms with Crippen LogP contribution in [0.15, 0.2) is 0 Å². The topological polar surface area (TPSA) is 173 Å². The predicted molar refractivity (Wildman–Crippen MR) is 117 cm³/mol. The minimum atomic E-state index is -1.73. The number of nitrogens with zero attached hydrogens (tertiary/aromatic N) is 2. The van der Waals surface area contributed by atoms with E-state index in [1.54, 1.807) is 0 Å². The van der Waals surface area contributed by atoms with E-state index in [0.29, 0.717) is 17.6 Å². The Kier molecular flexibility index (Phi) is 17.8. The summed E-state index contributed by atoms with van der Waals surface area (Å²) in [6.45, 7) is 5.56. The van der Waals surface area contributed by atoms with E-state index < -0.39 is 53.0 Å². The zero-order valence-electron chi connectivity index (χ0n) is 23.2. The number of amides is 2. The van der Waals surface area contributed by atoms with Crippen LogP contribution in [0.25, 0.3) is 0 Å². The molecule has 192 valence electrons. The molecule has 0 aliphatic rings. The van der Waals surface area contributed by atoms with Crippen LogP contribution in [0.5, 0.6) is 0 Å². The normalized spacial score (nSPS) is 15.5. The molecule has 0 aliphatic carbocycles. The zero-order valence-corrected chi connectivity index (χ0v) is 27.2. The quantitative estimate of drug-likeness (QED) is 0.109. The van der Waals surface area contributed by atoms with Crippen LogP contribution in [0.3, 0.4) is 0 Å². The number of nitrogens with one attached hydrogen (secondary N) is 1. The molecule has 35 heavy (non-hydrogen) atoms. The number of carbonyl (C=O) groups is 4. The van der Waals surface area contributed by atoms with E-state index >= 15 is 0 Å². The Morgan fingerprint density at radius 1 is 0.943 bits per heavy atom. The van der Waals surface area contributed by atoms with Gasteiger partial charge in [-0.3, -0.25) is 9.59 Å². The van der Waals surface area contributed by atoms with Crippen LogP contribution in [-0.4, -0.2) is 98.9 Å². The molecule has 4 unspecified atom stereocenters. The molecule has 2 amide bonds. The fraction of sp³-hybridized carbons (Fsp3) is 0.818. The Labute approximate surface area is 253 Å².